The van der Waals surface area contributed by atoms with Gasteiger partial charge in [0, 0.05) is 35.4 Å². The van der Waals surface area contributed by atoms with Crippen LogP contribution in [-0.2, 0) is 45.1 Å². The van der Waals surface area contributed by atoms with Crippen LogP contribution in [0.4, 0.5) is 11.4 Å². The summed E-state index contributed by atoms with van der Waals surface area (Å²) in [4.78, 5) is 45.0. The van der Waals surface area contributed by atoms with Gasteiger partial charge in [-0.2, -0.15) is 0 Å². The second-order valence-corrected chi connectivity index (χ2v) is 8.00. The minimum atomic E-state index is -0.538. The number of carbonyl (C=O) groups excluding carboxylic acids is 2. The lowest BCUT2D eigenvalue weighted by atomic mass is 10.1. The van der Waals surface area contributed by atoms with Crippen LogP contribution in [-0.4, -0.2) is 36.0 Å². The third-order valence-corrected chi connectivity index (χ3v) is 5.45. The lowest BCUT2D eigenvalue weighted by molar-refractivity contribution is -0.385. The number of esters is 2. The van der Waals surface area contributed by atoms with Gasteiger partial charge in [0.25, 0.3) is 11.4 Å². The minimum Gasteiger partial charge on any atom is -0.496 e. The van der Waals surface area contributed by atoms with Gasteiger partial charge in [0.15, 0.2) is 0 Å². The molecule has 38 heavy (non-hydrogen) atoms. The Kier molecular flexibility index (Phi) is 9.30. The summed E-state index contributed by atoms with van der Waals surface area (Å²) < 4.78 is 21.5. The van der Waals surface area contributed by atoms with Gasteiger partial charge in [0.2, 0.25) is 0 Å². The van der Waals surface area contributed by atoms with E-state index in [1.54, 1.807) is 12.1 Å². The van der Waals surface area contributed by atoms with Crippen LogP contribution in [0, 0.1) is 20.2 Å². The van der Waals surface area contributed by atoms with Crippen molar-refractivity contribution in [3.8, 4) is 11.5 Å². The molecule has 0 aliphatic rings. The molecule has 0 spiro atoms. The van der Waals surface area contributed by atoms with Crippen LogP contribution in [0.1, 0.15) is 22.3 Å². The number of hydrogen-bond acceptors (Lipinski definition) is 10. The van der Waals surface area contributed by atoms with E-state index in [2.05, 4.69) is 0 Å². The normalized spacial score (nSPS) is 10.4. The molecule has 0 aliphatic carbocycles. The topological polar surface area (TPSA) is 157 Å². The van der Waals surface area contributed by atoms with E-state index in [0.717, 1.165) is 0 Å². The summed E-state index contributed by atoms with van der Waals surface area (Å²) in [6.07, 6.45) is -0.138. The highest BCUT2D eigenvalue weighted by Crippen LogP contribution is 2.30. The molecule has 0 saturated carbocycles. The second-order valence-electron chi connectivity index (χ2n) is 8.00. The van der Waals surface area contributed by atoms with Gasteiger partial charge in [-0.1, -0.05) is 24.3 Å². The van der Waals surface area contributed by atoms with Crippen LogP contribution in [0.25, 0.3) is 0 Å². The van der Waals surface area contributed by atoms with Crippen molar-refractivity contribution in [3.63, 3.8) is 0 Å². The molecule has 12 heteroatoms. The monoisotopic (exact) mass is 524 g/mol. The van der Waals surface area contributed by atoms with E-state index in [4.69, 9.17) is 18.9 Å². The molecule has 198 valence electrons. The van der Waals surface area contributed by atoms with Gasteiger partial charge >= 0.3 is 11.9 Å². The van der Waals surface area contributed by atoms with Crippen LogP contribution < -0.4 is 9.47 Å². The third-order valence-electron chi connectivity index (χ3n) is 5.45. The van der Waals surface area contributed by atoms with Crippen LogP contribution in [0.5, 0.6) is 11.5 Å². The van der Waals surface area contributed by atoms with Crippen molar-refractivity contribution in [3.05, 3.63) is 103 Å². The summed E-state index contributed by atoms with van der Waals surface area (Å²) in [6.45, 7) is -0.239. The van der Waals surface area contributed by atoms with Crippen molar-refractivity contribution < 1.29 is 38.4 Å². The minimum absolute atomic E-state index is 0.0692. The molecular weight excluding hydrogens is 500 g/mol. The molecule has 0 bridgehead atoms. The van der Waals surface area contributed by atoms with E-state index < -0.39 is 21.8 Å². The Labute approximate surface area is 217 Å². The highest BCUT2D eigenvalue weighted by Gasteiger charge is 2.16. The fourth-order valence-corrected chi connectivity index (χ4v) is 3.47. The number of hydrogen-bond donors (Lipinski definition) is 0. The molecule has 0 saturated heterocycles. The van der Waals surface area contributed by atoms with Gasteiger partial charge in [0.05, 0.1) is 36.9 Å². The Bertz CT molecular complexity index is 1220. The van der Waals surface area contributed by atoms with Crippen molar-refractivity contribution in [2.75, 3.05) is 14.2 Å². The standard InChI is InChI=1S/C26H24N2O10/c1-35-23-13-20(16-38-26(30)12-18-5-9-22(10-6-18)28(33)34)24(36-2)14-19(23)15-37-25(29)11-17-3-7-21(8-4-17)27(31)32/h3-10,13-14H,11-12,15-16H2,1-2H3. The maximum Gasteiger partial charge on any atom is 0.310 e. The van der Waals surface area contributed by atoms with E-state index in [-0.39, 0.29) is 37.4 Å². The van der Waals surface area contributed by atoms with Crippen LogP contribution in [0.15, 0.2) is 60.7 Å². The molecule has 0 amide bonds. The Morgan fingerprint density at radius 3 is 1.29 bits per heavy atom. The average molecular weight is 524 g/mol. The molecular formula is C26H24N2O10. The zero-order chi connectivity index (χ0) is 27.7. The summed E-state index contributed by atoms with van der Waals surface area (Å²) in [5, 5.41) is 21.5. The van der Waals surface area contributed by atoms with Gasteiger partial charge in [-0.15, -0.1) is 0 Å². The van der Waals surface area contributed by atoms with Crippen molar-refractivity contribution >= 4 is 23.3 Å². The number of methoxy groups -OCH3 is 2. The van der Waals surface area contributed by atoms with Crippen molar-refractivity contribution in [2.45, 2.75) is 26.1 Å². The zero-order valence-electron chi connectivity index (χ0n) is 20.6. The van der Waals surface area contributed by atoms with Crippen molar-refractivity contribution in [1.29, 1.82) is 0 Å². The number of nitro groups is 2. The van der Waals surface area contributed by atoms with E-state index in [9.17, 15) is 29.8 Å². The zero-order valence-corrected chi connectivity index (χ0v) is 20.6. The summed E-state index contributed by atoms with van der Waals surface area (Å²) in [5.41, 5.74) is 2.02. The molecule has 0 aliphatic heterocycles. The fraction of sp³-hybridized carbons (Fsp3) is 0.231. The van der Waals surface area contributed by atoms with Gasteiger partial charge in [0.1, 0.15) is 24.7 Å². The van der Waals surface area contributed by atoms with Crippen LogP contribution in [0.3, 0.4) is 0 Å². The Balaban J connectivity index is 1.59. The van der Waals surface area contributed by atoms with E-state index in [0.29, 0.717) is 33.8 Å². The number of rotatable bonds is 12. The lowest BCUT2D eigenvalue weighted by Gasteiger charge is -2.15. The van der Waals surface area contributed by atoms with Gasteiger partial charge in [-0.05, 0) is 23.3 Å². The summed E-state index contributed by atoms with van der Waals surface area (Å²) in [7, 11) is 2.88. The fourth-order valence-electron chi connectivity index (χ4n) is 3.47. The summed E-state index contributed by atoms with van der Waals surface area (Å²) in [5.74, 6) is -0.307. The highest BCUT2D eigenvalue weighted by molar-refractivity contribution is 5.73. The molecule has 3 aromatic carbocycles. The molecule has 0 heterocycles. The molecule has 0 fully saturated rings. The van der Waals surface area contributed by atoms with E-state index in [1.807, 2.05) is 0 Å². The predicted molar refractivity (Wildman–Crippen MR) is 133 cm³/mol. The molecule has 0 N–H and O–H groups in total. The van der Waals surface area contributed by atoms with Crippen molar-refractivity contribution in [2.24, 2.45) is 0 Å². The second kappa shape index (κ2) is 12.8. The molecule has 3 aromatic rings. The first-order valence-electron chi connectivity index (χ1n) is 11.2. The van der Waals surface area contributed by atoms with Gasteiger partial charge < -0.3 is 18.9 Å². The summed E-state index contributed by atoms with van der Waals surface area (Å²) >= 11 is 0. The van der Waals surface area contributed by atoms with E-state index in [1.165, 1.54) is 62.8 Å². The maximum absolute atomic E-state index is 12.3. The first-order chi connectivity index (χ1) is 18.2. The first-order valence-corrected chi connectivity index (χ1v) is 11.2. The number of non-ortho nitro benzene ring substituents is 2. The average Bonchev–Trinajstić information content (AvgIpc) is 2.91. The Morgan fingerprint density at radius 2 is 1.00 bits per heavy atom. The summed E-state index contributed by atoms with van der Waals surface area (Å²) in [6, 6.07) is 14.4. The predicted octanol–water partition coefficient (Wildman–Crippen LogP) is 4.09. The molecule has 0 atom stereocenters. The van der Waals surface area contributed by atoms with Gasteiger partial charge in [-0.3, -0.25) is 29.8 Å². The largest absolute Gasteiger partial charge is 0.496 e. The Morgan fingerprint density at radius 1 is 0.658 bits per heavy atom. The first kappa shape index (κ1) is 27.6. The van der Waals surface area contributed by atoms with Crippen molar-refractivity contribution in [1.82, 2.24) is 0 Å². The van der Waals surface area contributed by atoms with Crippen LogP contribution in [0.2, 0.25) is 0 Å². The lowest BCUT2D eigenvalue weighted by Crippen LogP contribution is -2.10. The third kappa shape index (κ3) is 7.50. The van der Waals surface area contributed by atoms with Gasteiger partial charge in [-0.25, -0.2) is 0 Å². The quantitative estimate of drug-likeness (QED) is 0.192. The van der Waals surface area contributed by atoms with Crippen LogP contribution >= 0.6 is 0 Å². The molecule has 0 unspecified atom stereocenters. The Hall–Kier alpha value is -5.00. The SMILES string of the molecule is COc1cc(COC(=O)Cc2ccc([N+](=O)[O-])cc2)c(OC)cc1COC(=O)Cc1ccc([N+](=O)[O-])cc1. The molecule has 12 nitrogen and oxygen atoms in total. The number of ether oxygens (including phenoxy) is 4. The maximum atomic E-state index is 12.3. The molecule has 0 radical (unpaired) electrons. The molecule has 0 aromatic heterocycles. The number of nitrogens with zero attached hydrogens (tertiary/aromatic N) is 2. The smallest absolute Gasteiger partial charge is 0.310 e. The number of nitro benzene ring substituents is 2. The van der Waals surface area contributed by atoms with E-state index >= 15 is 0 Å². The number of carbonyl (C=O) groups is 2. The molecule has 3 rings (SSSR count). The highest BCUT2D eigenvalue weighted by atomic mass is 16.6. The number of benzene rings is 3.